The first-order valence-electron chi connectivity index (χ1n) is 5.57. The number of hydrogen-bond acceptors (Lipinski definition) is 0. The fourth-order valence-electron chi connectivity index (χ4n) is 1.62. The molecule has 0 aromatic heterocycles. The zero-order valence-electron chi connectivity index (χ0n) is 9.47. The molecule has 2 rings (SSSR count). The third-order valence-corrected chi connectivity index (χ3v) is 6.24. The first-order valence-corrected chi connectivity index (χ1v) is 8.56. The molecule has 2 aromatic carbocycles. The fraction of sp³-hybridized carbons (Fsp3) is 0.200. The molecule has 0 heterocycles. The molecule has 0 aliphatic rings. The number of benzene rings is 2. The van der Waals surface area contributed by atoms with Crippen molar-refractivity contribution in [2.75, 3.05) is 0 Å². The van der Waals surface area contributed by atoms with Crippen LogP contribution in [0.3, 0.4) is 0 Å². The molecule has 1 unspecified atom stereocenters. The van der Waals surface area contributed by atoms with Crippen molar-refractivity contribution in [3.63, 3.8) is 0 Å². The Kier molecular flexibility index (Phi) is 4.45. The normalized spacial score (nSPS) is 12.3. The van der Waals surface area contributed by atoms with E-state index in [4.69, 9.17) is 0 Å². The van der Waals surface area contributed by atoms with Gasteiger partial charge in [-0.3, -0.25) is 0 Å². The molecule has 82 valence electrons. The summed E-state index contributed by atoms with van der Waals surface area (Å²) in [6.07, 6.45) is 0. The Hall–Kier alpha value is -0.770. The van der Waals surface area contributed by atoms with Crippen LogP contribution in [0.25, 0.3) is 0 Å². The van der Waals surface area contributed by atoms with Gasteiger partial charge in [-0.1, -0.05) is 0 Å². The van der Waals surface area contributed by atoms with Gasteiger partial charge in [0.2, 0.25) is 0 Å². The monoisotopic (exact) mass is 326 g/mol. The van der Waals surface area contributed by atoms with Crippen LogP contribution in [0.4, 0.5) is 0 Å². The average molecular weight is 324 g/mol. The van der Waals surface area contributed by atoms with Crippen molar-refractivity contribution in [1.82, 2.24) is 0 Å². The Labute approximate surface area is 108 Å². The minimum atomic E-state index is 0.0209. The van der Waals surface area contributed by atoms with Gasteiger partial charge in [0.05, 0.1) is 0 Å². The molecule has 0 saturated heterocycles. The van der Waals surface area contributed by atoms with Gasteiger partial charge in [-0.25, -0.2) is 0 Å². The van der Waals surface area contributed by atoms with Crippen molar-refractivity contribution < 1.29 is 0 Å². The summed E-state index contributed by atoms with van der Waals surface area (Å²) in [7, 11) is 0. The molecule has 0 bridgehead atoms. The van der Waals surface area contributed by atoms with E-state index in [0.29, 0.717) is 0 Å². The second kappa shape index (κ2) is 6.09. The Morgan fingerprint density at radius 2 is 1.44 bits per heavy atom. The van der Waals surface area contributed by atoms with Crippen molar-refractivity contribution in [3.8, 4) is 0 Å². The SMILES string of the molecule is CC([Te]Cc1ccccc1)c1ccccc1. The second-order valence-electron chi connectivity index (χ2n) is 3.85. The van der Waals surface area contributed by atoms with E-state index in [-0.39, 0.29) is 20.9 Å². The molecule has 0 aliphatic heterocycles. The van der Waals surface area contributed by atoms with Gasteiger partial charge in [-0.05, 0) is 0 Å². The number of hydrogen-bond donors (Lipinski definition) is 0. The van der Waals surface area contributed by atoms with Gasteiger partial charge in [-0.15, -0.1) is 0 Å². The van der Waals surface area contributed by atoms with Crippen molar-refractivity contribution in [2.24, 2.45) is 0 Å². The Bertz CT molecular complexity index is 408. The molecular weight excluding hydrogens is 308 g/mol. The van der Waals surface area contributed by atoms with Crippen LogP contribution < -0.4 is 0 Å². The second-order valence-corrected chi connectivity index (χ2v) is 7.64. The fourth-order valence-corrected chi connectivity index (χ4v) is 4.43. The molecule has 16 heavy (non-hydrogen) atoms. The molecule has 0 N–H and O–H groups in total. The standard InChI is InChI=1S/C15H16Te/c1-13(15-10-6-3-7-11-15)16-12-14-8-4-2-5-9-14/h2-11,13H,12H2,1H3. The van der Waals surface area contributed by atoms with Crippen molar-refractivity contribution >= 4 is 20.9 Å². The van der Waals surface area contributed by atoms with Crippen LogP contribution in [0.1, 0.15) is 22.0 Å². The molecular formula is C15H16Te. The van der Waals surface area contributed by atoms with Crippen molar-refractivity contribution in [3.05, 3.63) is 71.8 Å². The van der Waals surface area contributed by atoms with Gasteiger partial charge in [-0.2, -0.15) is 0 Å². The molecule has 0 amide bonds. The van der Waals surface area contributed by atoms with Crippen LogP contribution in [-0.4, -0.2) is 20.9 Å². The molecule has 0 spiro atoms. The maximum atomic E-state index is 2.36. The summed E-state index contributed by atoms with van der Waals surface area (Å²) in [6.45, 7) is 2.36. The van der Waals surface area contributed by atoms with E-state index < -0.39 is 0 Å². The van der Waals surface area contributed by atoms with E-state index in [2.05, 4.69) is 67.6 Å². The van der Waals surface area contributed by atoms with Crippen molar-refractivity contribution in [2.45, 2.75) is 15.4 Å². The van der Waals surface area contributed by atoms with Gasteiger partial charge in [0, 0.05) is 0 Å². The summed E-state index contributed by atoms with van der Waals surface area (Å²) < 4.78 is 2.06. The molecule has 0 fully saturated rings. The van der Waals surface area contributed by atoms with Gasteiger partial charge >= 0.3 is 108 Å². The maximum absolute atomic E-state index is 2.36. The molecule has 2 aromatic rings. The van der Waals surface area contributed by atoms with Gasteiger partial charge in [0.25, 0.3) is 0 Å². The first-order chi connectivity index (χ1) is 7.86. The van der Waals surface area contributed by atoms with Crippen LogP contribution >= 0.6 is 0 Å². The molecule has 1 heteroatoms. The minimum absolute atomic E-state index is 0.0209. The first kappa shape index (κ1) is 11.7. The Balaban J connectivity index is 1.92. The summed E-state index contributed by atoms with van der Waals surface area (Å²) in [5.41, 5.74) is 2.99. The average Bonchev–Trinajstić information content (AvgIpc) is 2.38. The third kappa shape index (κ3) is 3.37. The molecule has 0 saturated carbocycles. The summed E-state index contributed by atoms with van der Waals surface area (Å²) in [5, 5.41) is 0. The molecule has 0 aliphatic carbocycles. The zero-order chi connectivity index (χ0) is 11.2. The zero-order valence-corrected chi connectivity index (χ0v) is 11.8. The topological polar surface area (TPSA) is 0 Å². The van der Waals surface area contributed by atoms with Crippen LogP contribution in [0.15, 0.2) is 60.7 Å². The summed E-state index contributed by atoms with van der Waals surface area (Å²) in [6, 6.07) is 21.7. The summed E-state index contributed by atoms with van der Waals surface area (Å²) in [5.74, 6) is 0. The third-order valence-electron chi connectivity index (χ3n) is 2.61. The Morgan fingerprint density at radius 1 is 0.875 bits per heavy atom. The van der Waals surface area contributed by atoms with E-state index in [1.165, 1.54) is 15.6 Å². The quantitative estimate of drug-likeness (QED) is 0.753. The van der Waals surface area contributed by atoms with Crippen molar-refractivity contribution in [1.29, 1.82) is 0 Å². The Morgan fingerprint density at radius 3 is 2.06 bits per heavy atom. The van der Waals surface area contributed by atoms with Crippen LogP contribution in [0, 0.1) is 0 Å². The van der Waals surface area contributed by atoms with Gasteiger partial charge in [0.15, 0.2) is 0 Å². The van der Waals surface area contributed by atoms with Gasteiger partial charge < -0.3 is 0 Å². The van der Waals surface area contributed by atoms with Crippen LogP contribution in [-0.2, 0) is 4.47 Å². The molecule has 0 nitrogen and oxygen atoms in total. The predicted octanol–water partition coefficient (Wildman–Crippen LogP) is 3.65. The molecule has 1 atom stereocenters. The predicted molar refractivity (Wildman–Crippen MR) is 70.8 cm³/mol. The van der Waals surface area contributed by atoms with Crippen LogP contribution in [0.2, 0.25) is 0 Å². The number of rotatable bonds is 4. The van der Waals surface area contributed by atoms with E-state index in [1.54, 1.807) is 0 Å². The van der Waals surface area contributed by atoms with Crippen LogP contribution in [0.5, 0.6) is 0 Å². The van der Waals surface area contributed by atoms with Gasteiger partial charge in [0.1, 0.15) is 0 Å². The van der Waals surface area contributed by atoms with E-state index in [0.717, 1.165) is 3.97 Å². The summed E-state index contributed by atoms with van der Waals surface area (Å²) >= 11 is 0.0209. The van der Waals surface area contributed by atoms with E-state index in [9.17, 15) is 0 Å². The van der Waals surface area contributed by atoms with E-state index >= 15 is 0 Å². The molecule has 0 radical (unpaired) electrons. The van der Waals surface area contributed by atoms with E-state index in [1.807, 2.05) is 0 Å². The summed E-state index contributed by atoms with van der Waals surface area (Å²) in [4.78, 5) is 0.